The van der Waals surface area contributed by atoms with Gasteiger partial charge in [-0.15, -0.1) is 0 Å². The van der Waals surface area contributed by atoms with Crippen molar-refractivity contribution >= 4 is 11.9 Å². The van der Waals surface area contributed by atoms with Gasteiger partial charge in [0, 0.05) is 12.0 Å². The first-order valence-corrected chi connectivity index (χ1v) is 8.69. The molecule has 1 aliphatic rings. The molecule has 130 valence electrons. The summed E-state index contributed by atoms with van der Waals surface area (Å²) in [5, 5.41) is 0. The SMILES string of the molecule is CCCCC1OC(=O)[C@](Cc2ccccc2)(c2ccccc2)OC1=O. The fourth-order valence-electron chi connectivity index (χ4n) is 3.10. The van der Waals surface area contributed by atoms with Crippen molar-refractivity contribution in [2.75, 3.05) is 0 Å². The van der Waals surface area contributed by atoms with Gasteiger partial charge in [0.2, 0.25) is 5.60 Å². The summed E-state index contributed by atoms with van der Waals surface area (Å²) in [6.07, 6.45) is 1.68. The number of cyclic esters (lactones) is 2. The van der Waals surface area contributed by atoms with Gasteiger partial charge in [0.05, 0.1) is 0 Å². The largest absolute Gasteiger partial charge is 0.447 e. The Morgan fingerprint density at radius 2 is 1.60 bits per heavy atom. The number of unbranched alkanes of at least 4 members (excludes halogenated alkanes) is 1. The van der Waals surface area contributed by atoms with E-state index in [9.17, 15) is 9.59 Å². The Bertz CT molecular complexity index is 726. The monoisotopic (exact) mass is 338 g/mol. The van der Waals surface area contributed by atoms with Crippen molar-refractivity contribution in [2.45, 2.75) is 44.3 Å². The lowest BCUT2D eigenvalue weighted by Gasteiger charge is -2.38. The molecule has 4 nitrogen and oxygen atoms in total. The molecule has 0 radical (unpaired) electrons. The van der Waals surface area contributed by atoms with Gasteiger partial charge in [-0.25, -0.2) is 9.59 Å². The summed E-state index contributed by atoms with van der Waals surface area (Å²) in [5.74, 6) is -0.962. The highest BCUT2D eigenvalue weighted by Gasteiger charge is 2.52. The Balaban J connectivity index is 1.95. The van der Waals surface area contributed by atoms with E-state index in [-0.39, 0.29) is 6.42 Å². The Kier molecular flexibility index (Phi) is 5.17. The van der Waals surface area contributed by atoms with Gasteiger partial charge in [0.15, 0.2) is 6.10 Å². The molecule has 2 aromatic rings. The molecular formula is C21H22O4. The average molecular weight is 338 g/mol. The summed E-state index contributed by atoms with van der Waals surface area (Å²) in [7, 11) is 0. The third-order valence-corrected chi connectivity index (χ3v) is 4.47. The Morgan fingerprint density at radius 1 is 0.960 bits per heavy atom. The highest BCUT2D eigenvalue weighted by molar-refractivity contribution is 5.91. The van der Waals surface area contributed by atoms with Gasteiger partial charge in [0.25, 0.3) is 0 Å². The molecule has 1 heterocycles. The number of benzene rings is 2. The van der Waals surface area contributed by atoms with Crippen molar-refractivity contribution in [3.63, 3.8) is 0 Å². The van der Waals surface area contributed by atoms with Crippen LogP contribution in [0, 0.1) is 0 Å². The zero-order chi connectivity index (χ0) is 17.7. The minimum absolute atomic E-state index is 0.253. The van der Waals surface area contributed by atoms with Crippen molar-refractivity contribution in [1.82, 2.24) is 0 Å². The van der Waals surface area contributed by atoms with E-state index in [0.717, 1.165) is 18.4 Å². The predicted octanol–water partition coefficient (Wildman–Crippen LogP) is 3.78. The second-order valence-electron chi connectivity index (χ2n) is 6.31. The van der Waals surface area contributed by atoms with E-state index in [4.69, 9.17) is 9.47 Å². The molecule has 0 bridgehead atoms. The lowest BCUT2D eigenvalue weighted by molar-refractivity contribution is -0.213. The lowest BCUT2D eigenvalue weighted by Crippen LogP contribution is -2.52. The molecule has 0 N–H and O–H groups in total. The van der Waals surface area contributed by atoms with Gasteiger partial charge in [0.1, 0.15) is 0 Å². The third-order valence-electron chi connectivity index (χ3n) is 4.47. The van der Waals surface area contributed by atoms with Crippen LogP contribution in [0.4, 0.5) is 0 Å². The highest BCUT2D eigenvalue weighted by atomic mass is 16.7. The van der Waals surface area contributed by atoms with Crippen molar-refractivity contribution < 1.29 is 19.1 Å². The number of hydrogen-bond donors (Lipinski definition) is 0. The first kappa shape index (κ1) is 17.2. The van der Waals surface area contributed by atoms with E-state index in [1.165, 1.54) is 0 Å². The Labute approximate surface area is 147 Å². The van der Waals surface area contributed by atoms with Crippen LogP contribution >= 0.6 is 0 Å². The number of esters is 2. The normalized spacial score (nSPS) is 23.0. The quantitative estimate of drug-likeness (QED) is 0.752. The molecule has 2 aromatic carbocycles. The van der Waals surface area contributed by atoms with Crippen LogP contribution in [0.2, 0.25) is 0 Å². The number of carbonyl (C=O) groups is 2. The van der Waals surface area contributed by atoms with Crippen LogP contribution in [-0.2, 0) is 31.1 Å². The molecule has 1 aliphatic heterocycles. The fourth-order valence-corrected chi connectivity index (χ4v) is 3.10. The summed E-state index contributed by atoms with van der Waals surface area (Å²) in [6.45, 7) is 2.03. The molecular weight excluding hydrogens is 316 g/mol. The van der Waals surface area contributed by atoms with Crippen LogP contribution in [0.3, 0.4) is 0 Å². The van der Waals surface area contributed by atoms with Crippen LogP contribution in [0.25, 0.3) is 0 Å². The maximum absolute atomic E-state index is 12.9. The summed E-state index contributed by atoms with van der Waals surface area (Å²) < 4.78 is 11.3. The number of ether oxygens (including phenoxy) is 2. The van der Waals surface area contributed by atoms with Gasteiger partial charge in [-0.3, -0.25) is 0 Å². The Hall–Kier alpha value is -2.62. The van der Waals surface area contributed by atoms with Crippen LogP contribution in [0.1, 0.15) is 37.3 Å². The van der Waals surface area contributed by atoms with Crippen molar-refractivity contribution in [3.05, 3.63) is 71.8 Å². The molecule has 0 amide bonds. The summed E-state index contributed by atoms with van der Waals surface area (Å²) in [4.78, 5) is 25.5. The van der Waals surface area contributed by atoms with E-state index in [1.54, 1.807) is 12.1 Å². The van der Waals surface area contributed by atoms with Crippen LogP contribution in [0.5, 0.6) is 0 Å². The maximum atomic E-state index is 12.9. The van der Waals surface area contributed by atoms with Crippen LogP contribution in [-0.4, -0.2) is 18.0 Å². The maximum Gasteiger partial charge on any atom is 0.356 e. The van der Waals surface area contributed by atoms with Crippen LogP contribution in [0.15, 0.2) is 60.7 Å². The van der Waals surface area contributed by atoms with Crippen molar-refractivity contribution in [1.29, 1.82) is 0 Å². The van der Waals surface area contributed by atoms with Gasteiger partial charge in [-0.1, -0.05) is 74.0 Å². The first-order valence-electron chi connectivity index (χ1n) is 8.69. The summed E-state index contributed by atoms with van der Waals surface area (Å²) in [6, 6.07) is 18.6. The molecule has 0 saturated carbocycles. The van der Waals surface area contributed by atoms with Gasteiger partial charge >= 0.3 is 11.9 Å². The molecule has 0 spiro atoms. The number of hydrogen-bond acceptors (Lipinski definition) is 4. The second kappa shape index (κ2) is 7.51. The number of rotatable bonds is 6. The minimum Gasteiger partial charge on any atom is -0.447 e. The van der Waals surface area contributed by atoms with Gasteiger partial charge in [-0.05, 0) is 18.4 Å². The Morgan fingerprint density at radius 3 is 2.24 bits per heavy atom. The molecule has 1 saturated heterocycles. The molecule has 3 rings (SSSR count). The molecule has 0 aromatic heterocycles. The topological polar surface area (TPSA) is 52.6 Å². The fraction of sp³-hybridized carbons (Fsp3) is 0.333. The summed E-state index contributed by atoms with van der Waals surface area (Å²) in [5.41, 5.74) is 0.108. The van der Waals surface area contributed by atoms with Gasteiger partial charge in [-0.2, -0.15) is 0 Å². The standard InChI is InChI=1S/C21H22O4/c1-2-3-14-18-19(22)25-21(20(23)24-18,17-12-8-5-9-13-17)15-16-10-6-4-7-11-16/h4-13,18H,2-3,14-15H2,1H3/t18?,21-/m0/s1. The second-order valence-corrected chi connectivity index (χ2v) is 6.31. The van der Waals surface area contributed by atoms with Gasteiger partial charge < -0.3 is 9.47 Å². The lowest BCUT2D eigenvalue weighted by atomic mass is 9.86. The van der Waals surface area contributed by atoms with Crippen molar-refractivity contribution in [2.24, 2.45) is 0 Å². The van der Waals surface area contributed by atoms with Crippen molar-refractivity contribution in [3.8, 4) is 0 Å². The molecule has 0 aliphatic carbocycles. The van der Waals surface area contributed by atoms with E-state index in [1.807, 2.05) is 55.5 Å². The molecule has 1 unspecified atom stereocenters. The highest BCUT2D eigenvalue weighted by Crippen LogP contribution is 2.36. The van der Waals surface area contributed by atoms with E-state index in [2.05, 4.69) is 0 Å². The summed E-state index contributed by atoms with van der Waals surface area (Å²) >= 11 is 0. The van der Waals surface area contributed by atoms with E-state index < -0.39 is 23.6 Å². The van der Waals surface area contributed by atoms with E-state index >= 15 is 0 Å². The molecule has 2 atom stereocenters. The molecule has 4 heteroatoms. The molecule has 25 heavy (non-hydrogen) atoms. The molecule has 1 fully saturated rings. The first-order chi connectivity index (χ1) is 12.2. The van der Waals surface area contributed by atoms with Crippen LogP contribution < -0.4 is 0 Å². The zero-order valence-corrected chi connectivity index (χ0v) is 14.3. The zero-order valence-electron chi connectivity index (χ0n) is 14.3. The average Bonchev–Trinajstić information content (AvgIpc) is 2.65. The number of carbonyl (C=O) groups excluding carboxylic acids is 2. The van der Waals surface area contributed by atoms with E-state index in [0.29, 0.717) is 12.0 Å². The predicted molar refractivity (Wildman–Crippen MR) is 93.8 cm³/mol. The third kappa shape index (κ3) is 3.58. The smallest absolute Gasteiger partial charge is 0.356 e. The minimum atomic E-state index is -1.43.